The highest BCUT2D eigenvalue weighted by Gasteiger charge is 2.34. The molecular formula is C17H28N4O2. The van der Waals surface area contributed by atoms with Gasteiger partial charge < -0.3 is 10.1 Å². The Morgan fingerprint density at radius 2 is 2.17 bits per heavy atom. The summed E-state index contributed by atoms with van der Waals surface area (Å²) in [6, 6.07) is 0.527. The number of hydrogen-bond acceptors (Lipinski definition) is 4. The molecule has 0 spiro atoms. The maximum Gasteiger partial charge on any atom is 0.234 e. The van der Waals surface area contributed by atoms with E-state index in [2.05, 4.69) is 22.2 Å². The Morgan fingerprint density at radius 3 is 2.83 bits per heavy atom. The standard InChI is InChI=1S/C17H28N4O2/c1-11(13-7-8-13)18-15(22)10-21-9-5-6-14(21)16-12(2)19-20(3)17(16)23-4/h11,13-14H,5-10H2,1-4H3,(H,18,22)/t11-,14+/m1/s1. The molecule has 128 valence electrons. The van der Waals surface area contributed by atoms with Gasteiger partial charge in [0.25, 0.3) is 0 Å². The molecule has 1 aliphatic carbocycles. The van der Waals surface area contributed by atoms with Crippen molar-refractivity contribution in [1.29, 1.82) is 0 Å². The first-order chi connectivity index (χ1) is 11.0. The number of hydrogen-bond donors (Lipinski definition) is 1. The predicted octanol–water partition coefficient (Wildman–Crippen LogP) is 1.79. The van der Waals surface area contributed by atoms with E-state index in [1.807, 2.05) is 14.0 Å². The Balaban J connectivity index is 1.69. The van der Waals surface area contributed by atoms with Crippen molar-refractivity contribution in [1.82, 2.24) is 20.0 Å². The molecule has 2 atom stereocenters. The van der Waals surface area contributed by atoms with Gasteiger partial charge in [0, 0.05) is 19.1 Å². The second kappa shape index (κ2) is 6.51. The van der Waals surface area contributed by atoms with Crippen LogP contribution in [0, 0.1) is 12.8 Å². The average Bonchev–Trinajstić information content (AvgIpc) is 3.19. The lowest BCUT2D eigenvalue weighted by molar-refractivity contribution is -0.123. The van der Waals surface area contributed by atoms with Crippen molar-refractivity contribution in [2.45, 2.75) is 51.6 Å². The number of amides is 1. The number of carbonyl (C=O) groups excluding carboxylic acids is 1. The molecule has 0 radical (unpaired) electrons. The highest BCUT2D eigenvalue weighted by atomic mass is 16.5. The minimum absolute atomic E-state index is 0.136. The molecular weight excluding hydrogens is 292 g/mol. The molecule has 1 aromatic heterocycles. The SMILES string of the molecule is COc1c([C@@H]2CCCN2CC(=O)N[C@H](C)C2CC2)c(C)nn1C. The Morgan fingerprint density at radius 1 is 1.43 bits per heavy atom. The van der Waals surface area contributed by atoms with E-state index in [0.29, 0.717) is 18.5 Å². The summed E-state index contributed by atoms with van der Waals surface area (Å²) in [5, 5.41) is 7.64. The third kappa shape index (κ3) is 3.37. The van der Waals surface area contributed by atoms with Gasteiger partial charge in [0.15, 0.2) is 0 Å². The van der Waals surface area contributed by atoms with Crippen LogP contribution < -0.4 is 10.1 Å². The van der Waals surface area contributed by atoms with Gasteiger partial charge >= 0.3 is 0 Å². The Bertz CT molecular complexity index is 579. The zero-order valence-electron chi connectivity index (χ0n) is 14.6. The molecule has 3 rings (SSSR count). The number of carbonyl (C=O) groups is 1. The van der Waals surface area contributed by atoms with E-state index in [1.54, 1.807) is 11.8 Å². The summed E-state index contributed by atoms with van der Waals surface area (Å²) in [6.45, 7) is 5.54. The lowest BCUT2D eigenvalue weighted by Crippen LogP contribution is -2.41. The van der Waals surface area contributed by atoms with Crippen molar-refractivity contribution in [2.75, 3.05) is 20.2 Å². The van der Waals surface area contributed by atoms with Crippen molar-refractivity contribution in [3.05, 3.63) is 11.3 Å². The lowest BCUT2D eigenvalue weighted by Gasteiger charge is -2.25. The fourth-order valence-corrected chi connectivity index (χ4v) is 3.82. The van der Waals surface area contributed by atoms with Crippen LogP contribution in [-0.4, -0.2) is 46.8 Å². The number of aryl methyl sites for hydroxylation is 2. The molecule has 2 heterocycles. The van der Waals surface area contributed by atoms with E-state index in [0.717, 1.165) is 36.5 Å². The molecule has 0 unspecified atom stereocenters. The van der Waals surface area contributed by atoms with Crippen LogP contribution >= 0.6 is 0 Å². The smallest absolute Gasteiger partial charge is 0.234 e. The zero-order valence-corrected chi connectivity index (χ0v) is 14.6. The zero-order chi connectivity index (χ0) is 16.6. The first-order valence-corrected chi connectivity index (χ1v) is 8.62. The number of likely N-dealkylation sites (tertiary alicyclic amines) is 1. The quantitative estimate of drug-likeness (QED) is 0.868. The average molecular weight is 320 g/mol. The van der Waals surface area contributed by atoms with Gasteiger partial charge in [-0.2, -0.15) is 5.10 Å². The second-order valence-electron chi connectivity index (χ2n) is 6.95. The van der Waals surface area contributed by atoms with Crippen LogP contribution in [0.2, 0.25) is 0 Å². The fraction of sp³-hybridized carbons (Fsp3) is 0.765. The van der Waals surface area contributed by atoms with Gasteiger partial charge in [-0.15, -0.1) is 0 Å². The topological polar surface area (TPSA) is 59.4 Å². The van der Waals surface area contributed by atoms with Gasteiger partial charge in [-0.3, -0.25) is 9.69 Å². The number of aromatic nitrogens is 2. The van der Waals surface area contributed by atoms with Crippen molar-refractivity contribution >= 4 is 5.91 Å². The predicted molar refractivity (Wildman–Crippen MR) is 88.4 cm³/mol. The maximum atomic E-state index is 12.4. The summed E-state index contributed by atoms with van der Waals surface area (Å²) in [7, 11) is 3.59. The van der Waals surface area contributed by atoms with E-state index in [-0.39, 0.29) is 11.9 Å². The van der Waals surface area contributed by atoms with Gasteiger partial charge in [-0.05, 0) is 52.0 Å². The highest BCUT2D eigenvalue weighted by Crippen LogP contribution is 2.38. The Hall–Kier alpha value is -1.56. The monoisotopic (exact) mass is 320 g/mol. The molecule has 1 aliphatic heterocycles. The summed E-state index contributed by atoms with van der Waals surface area (Å²) in [5.74, 6) is 1.64. The molecule has 1 aromatic rings. The normalized spacial score (nSPS) is 23.0. The Labute approximate surface area is 138 Å². The second-order valence-corrected chi connectivity index (χ2v) is 6.95. The number of nitrogens with one attached hydrogen (secondary N) is 1. The summed E-state index contributed by atoms with van der Waals surface area (Å²) in [6.07, 6.45) is 4.65. The largest absolute Gasteiger partial charge is 0.481 e. The summed E-state index contributed by atoms with van der Waals surface area (Å²) < 4.78 is 7.33. The van der Waals surface area contributed by atoms with E-state index in [9.17, 15) is 4.79 Å². The minimum atomic E-state index is 0.136. The van der Waals surface area contributed by atoms with Gasteiger partial charge in [0.1, 0.15) is 0 Å². The number of methoxy groups -OCH3 is 1. The van der Waals surface area contributed by atoms with Crippen LogP contribution in [0.25, 0.3) is 0 Å². The molecule has 1 amide bonds. The van der Waals surface area contributed by atoms with Crippen molar-refractivity contribution in [2.24, 2.45) is 13.0 Å². The third-order valence-corrected chi connectivity index (χ3v) is 5.17. The molecule has 1 N–H and O–H groups in total. The van der Waals surface area contributed by atoms with Crippen LogP contribution in [0.3, 0.4) is 0 Å². The van der Waals surface area contributed by atoms with Crippen molar-refractivity contribution < 1.29 is 9.53 Å². The first kappa shape index (κ1) is 16.3. The van der Waals surface area contributed by atoms with E-state index in [4.69, 9.17) is 4.74 Å². The molecule has 6 nitrogen and oxygen atoms in total. The van der Waals surface area contributed by atoms with Crippen LogP contribution in [0.5, 0.6) is 5.88 Å². The van der Waals surface area contributed by atoms with E-state index in [1.165, 1.54) is 12.8 Å². The van der Waals surface area contributed by atoms with Gasteiger partial charge in [-0.25, -0.2) is 4.68 Å². The molecule has 0 aromatic carbocycles. The Kier molecular flexibility index (Phi) is 4.62. The summed E-state index contributed by atoms with van der Waals surface area (Å²) >= 11 is 0. The fourth-order valence-electron chi connectivity index (χ4n) is 3.82. The first-order valence-electron chi connectivity index (χ1n) is 8.62. The van der Waals surface area contributed by atoms with E-state index >= 15 is 0 Å². The number of ether oxygens (including phenoxy) is 1. The maximum absolute atomic E-state index is 12.4. The van der Waals surface area contributed by atoms with E-state index < -0.39 is 0 Å². The lowest BCUT2D eigenvalue weighted by atomic mass is 10.0. The van der Waals surface area contributed by atoms with Crippen LogP contribution in [0.1, 0.15) is 49.9 Å². The molecule has 2 aliphatic rings. The van der Waals surface area contributed by atoms with Crippen molar-refractivity contribution in [3.63, 3.8) is 0 Å². The summed E-state index contributed by atoms with van der Waals surface area (Å²) in [4.78, 5) is 14.6. The summed E-state index contributed by atoms with van der Waals surface area (Å²) in [5.41, 5.74) is 2.13. The molecule has 1 saturated heterocycles. The highest BCUT2D eigenvalue weighted by molar-refractivity contribution is 5.78. The molecule has 23 heavy (non-hydrogen) atoms. The third-order valence-electron chi connectivity index (χ3n) is 5.17. The number of nitrogens with zero attached hydrogens (tertiary/aromatic N) is 3. The molecule has 1 saturated carbocycles. The van der Waals surface area contributed by atoms with Gasteiger partial charge in [0.2, 0.25) is 11.8 Å². The number of rotatable bonds is 6. The van der Waals surface area contributed by atoms with Crippen LogP contribution in [0.4, 0.5) is 0 Å². The van der Waals surface area contributed by atoms with Gasteiger partial charge in [-0.1, -0.05) is 0 Å². The van der Waals surface area contributed by atoms with Crippen LogP contribution in [0.15, 0.2) is 0 Å². The van der Waals surface area contributed by atoms with Gasteiger partial charge in [0.05, 0.1) is 24.9 Å². The molecule has 0 bridgehead atoms. The van der Waals surface area contributed by atoms with Crippen molar-refractivity contribution in [3.8, 4) is 5.88 Å². The van der Waals surface area contributed by atoms with Crippen LogP contribution in [-0.2, 0) is 11.8 Å². The molecule has 6 heteroatoms. The minimum Gasteiger partial charge on any atom is -0.481 e. The molecule has 2 fully saturated rings.